The Morgan fingerprint density at radius 2 is 2.43 bits per heavy atom. The Morgan fingerprint density at radius 3 is 3.00 bits per heavy atom. The van der Waals surface area contributed by atoms with Crippen molar-refractivity contribution in [1.82, 2.24) is 4.98 Å². The number of hydrogen-bond donors (Lipinski definition) is 1. The molecule has 0 saturated heterocycles. The number of carbonyl (C=O) groups is 1. The smallest absolute Gasteiger partial charge is 0.354 e. The molecule has 1 heterocycles. The van der Waals surface area contributed by atoms with Crippen molar-refractivity contribution in [1.29, 1.82) is 0 Å². The number of aryl methyl sites for hydroxylation is 1. The van der Waals surface area contributed by atoms with Gasteiger partial charge in [0.15, 0.2) is 0 Å². The van der Waals surface area contributed by atoms with Crippen LogP contribution in [-0.4, -0.2) is 23.8 Å². The lowest BCUT2D eigenvalue weighted by atomic mass is 10.4. The summed E-state index contributed by atoms with van der Waals surface area (Å²) in [5.74, 6) is -0.340. The minimum Gasteiger partial charge on any atom is -0.461 e. The molecular formula is C10H14N2O2. The van der Waals surface area contributed by atoms with Gasteiger partial charge in [0.05, 0.1) is 12.3 Å². The Bertz CT molecular complexity index is 353. The molecule has 0 aliphatic carbocycles. The van der Waals surface area contributed by atoms with Crippen LogP contribution in [-0.2, 0) is 4.74 Å². The number of nitrogens with one attached hydrogen (secondary N) is 1. The van der Waals surface area contributed by atoms with E-state index < -0.39 is 0 Å². The number of rotatable bonds is 3. The molecule has 1 aromatic rings. The fourth-order valence-electron chi connectivity index (χ4n) is 1.14. The highest BCUT2D eigenvalue weighted by Crippen LogP contribution is 2.19. The van der Waals surface area contributed by atoms with Crippen LogP contribution in [0.1, 0.15) is 30.0 Å². The van der Waals surface area contributed by atoms with Gasteiger partial charge in [-0.05, 0) is 26.8 Å². The van der Waals surface area contributed by atoms with Crippen LogP contribution < -0.4 is 0 Å². The van der Waals surface area contributed by atoms with E-state index >= 15 is 0 Å². The van der Waals surface area contributed by atoms with Gasteiger partial charge in [0, 0.05) is 11.9 Å². The summed E-state index contributed by atoms with van der Waals surface area (Å²) in [4.78, 5) is 18.3. The molecule has 4 nitrogen and oxygen atoms in total. The summed E-state index contributed by atoms with van der Waals surface area (Å²) in [6.07, 6.45) is 1.69. The number of carbonyl (C=O) groups excluding carboxylic acids is 1. The normalized spacial score (nSPS) is 10.8. The molecule has 1 N–H and O–H groups in total. The molecule has 0 atom stereocenters. The van der Waals surface area contributed by atoms with Crippen LogP contribution in [0.3, 0.4) is 0 Å². The summed E-state index contributed by atoms with van der Waals surface area (Å²) in [5.41, 5.74) is 2.09. The molecule has 0 aliphatic heterocycles. The third-order valence-electron chi connectivity index (χ3n) is 1.75. The first-order valence-corrected chi connectivity index (χ1v) is 4.54. The molecule has 76 valence electrons. The molecule has 1 rings (SSSR count). The monoisotopic (exact) mass is 194 g/mol. The second-order valence-electron chi connectivity index (χ2n) is 2.80. The highest BCUT2D eigenvalue weighted by atomic mass is 16.5. The lowest BCUT2D eigenvalue weighted by Crippen LogP contribution is -2.04. The predicted octanol–water partition coefficient (Wildman–Crippen LogP) is 2.22. The van der Waals surface area contributed by atoms with Gasteiger partial charge in [-0.1, -0.05) is 0 Å². The van der Waals surface area contributed by atoms with Crippen LogP contribution in [0.25, 0.3) is 0 Å². The number of aliphatic imine (C=N–C) groups is 1. The molecule has 1 aromatic heterocycles. The van der Waals surface area contributed by atoms with Crippen molar-refractivity contribution in [2.75, 3.05) is 6.61 Å². The molecule has 0 aromatic carbocycles. The van der Waals surface area contributed by atoms with Crippen LogP contribution in [0.4, 0.5) is 5.69 Å². The molecule has 0 spiro atoms. The molecule has 14 heavy (non-hydrogen) atoms. The quantitative estimate of drug-likeness (QED) is 0.592. The van der Waals surface area contributed by atoms with Crippen LogP contribution >= 0.6 is 0 Å². The van der Waals surface area contributed by atoms with Crippen LogP contribution in [0.15, 0.2) is 11.1 Å². The Morgan fingerprint density at radius 1 is 1.71 bits per heavy atom. The molecule has 0 fully saturated rings. The maximum Gasteiger partial charge on any atom is 0.354 e. The molecule has 0 unspecified atom stereocenters. The topological polar surface area (TPSA) is 54.4 Å². The molecule has 0 radical (unpaired) electrons. The van der Waals surface area contributed by atoms with E-state index in [0.717, 1.165) is 11.4 Å². The lowest BCUT2D eigenvalue weighted by molar-refractivity contribution is 0.0520. The molecule has 0 amide bonds. The first kappa shape index (κ1) is 10.5. The standard InChI is InChI=1S/C10H14N2O2/c1-4-11-8-6-9(12-7(8)3)10(13)14-5-2/h4,6,12H,5H2,1-3H3. The number of aromatic amines is 1. The van der Waals surface area contributed by atoms with E-state index in [0.29, 0.717) is 12.3 Å². The molecule has 0 saturated carbocycles. The van der Waals surface area contributed by atoms with Gasteiger partial charge in [-0.3, -0.25) is 4.99 Å². The van der Waals surface area contributed by atoms with E-state index in [4.69, 9.17) is 4.74 Å². The van der Waals surface area contributed by atoms with Crippen molar-refractivity contribution in [2.24, 2.45) is 4.99 Å². The van der Waals surface area contributed by atoms with Crippen molar-refractivity contribution < 1.29 is 9.53 Å². The van der Waals surface area contributed by atoms with Gasteiger partial charge >= 0.3 is 5.97 Å². The van der Waals surface area contributed by atoms with Gasteiger partial charge in [0.25, 0.3) is 0 Å². The fourth-order valence-corrected chi connectivity index (χ4v) is 1.14. The van der Waals surface area contributed by atoms with Gasteiger partial charge in [0.1, 0.15) is 5.69 Å². The Hall–Kier alpha value is -1.58. The van der Waals surface area contributed by atoms with Crippen LogP contribution in [0.2, 0.25) is 0 Å². The lowest BCUT2D eigenvalue weighted by Gasteiger charge is -1.96. The van der Waals surface area contributed by atoms with Gasteiger partial charge in [-0.2, -0.15) is 0 Å². The molecule has 0 bridgehead atoms. The van der Waals surface area contributed by atoms with Crippen LogP contribution in [0.5, 0.6) is 0 Å². The minimum atomic E-state index is -0.340. The van der Waals surface area contributed by atoms with Crippen molar-refractivity contribution in [3.63, 3.8) is 0 Å². The molecule has 0 aliphatic rings. The third kappa shape index (κ3) is 2.22. The summed E-state index contributed by atoms with van der Waals surface area (Å²) in [6, 6.07) is 1.69. The van der Waals surface area contributed by atoms with Crippen LogP contribution in [0, 0.1) is 6.92 Å². The molecular weight excluding hydrogens is 180 g/mol. The first-order valence-electron chi connectivity index (χ1n) is 4.54. The second-order valence-corrected chi connectivity index (χ2v) is 2.80. The zero-order valence-corrected chi connectivity index (χ0v) is 8.63. The maximum absolute atomic E-state index is 11.3. The number of hydrogen-bond acceptors (Lipinski definition) is 3. The highest BCUT2D eigenvalue weighted by molar-refractivity contribution is 5.89. The summed E-state index contributed by atoms with van der Waals surface area (Å²) in [7, 11) is 0. The fraction of sp³-hybridized carbons (Fsp3) is 0.400. The van der Waals surface area contributed by atoms with Gasteiger partial charge in [0.2, 0.25) is 0 Å². The van der Waals surface area contributed by atoms with E-state index in [1.54, 1.807) is 19.2 Å². The average Bonchev–Trinajstić information content (AvgIpc) is 2.49. The summed E-state index contributed by atoms with van der Waals surface area (Å²) >= 11 is 0. The number of aromatic nitrogens is 1. The van der Waals surface area contributed by atoms with Gasteiger partial charge in [-0.15, -0.1) is 0 Å². The molecule has 4 heteroatoms. The SMILES string of the molecule is CC=Nc1cc(C(=O)OCC)[nH]c1C. The van der Waals surface area contributed by atoms with Crippen molar-refractivity contribution in [2.45, 2.75) is 20.8 Å². The Labute approximate surface area is 83.0 Å². The average molecular weight is 194 g/mol. The van der Waals surface area contributed by atoms with Crippen molar-refractivity contribution >= 4 is 17.9 Å². The first-order chi connectivity index (χ1) is 6.69. The van der Waals surface area contributed by atoms with E-state index in [9.17, 15) is 4.79 Å². The van der Waals surface area contributed by atoms with E-state index in [1.807, 2.05) is 13.8 Å². The maximum atomic E-state index is 11.3. The second kappa shape index (κ2) is 4.60. The van der Waals surface area contributed by atoms with Gasteiger partial charge < -0.3 is 9.72 Å². The Kier molecular flexibility index (Phi) is 3.45. The van der Waals surface area contributed by atoms with E-state index in [1.165, 1.54) is 0 Å². The number of ether oxygens (including phenoxy) is 1. The summed E-state index contributed by atoms with van der Waals surface area (Å²) in [5, 5.41) is 0. The number of esters is 1. The van der Waals surface area contributed by atoms with Crippen molar-refractivity contribution in [3.8, 4) is 0 Å². The number of nitrogens with zero attached hydrogens (tertiary/aromatic N) is 1. The summed E-state index contributed by atoms with van der Waals surface area (Å²) < 4.78 is 4.85. The largest absolute Gasteiger partial charge is 0.461 e. The van der Waals surface area contributed by atoms with E-state index in [-0.39, 0.29) is 5.97 Å². The van der Waals surface area contributed by atoms with E-state index in [2.05, 4.69) is 9.98 Å². The zero-order valence-electron chi connectivity index (χ0n) is 8.63. The summed E-state index contributed by atoms with van der Waals surface area (Å²) in [6.45, 7) is 5.85. The third-order valence-corrected chi connectivity index (χ3v) is 1.75. The minimum absolute atomic E-state index is 0.340. The van der Waals surface area contributed by atoms with Crippen molar-refractivity contribution in [3.05, 3.63) is 17.5 Å². The van der Waals surface area contributed by atoms with Gasteiger partial charge in [-0.25, -0.2) is 4.79 Å². The number of H-pyrrole nitrogens is 1. The highest BCUT2D eigenvalue weighted by Gasteiger charge is 2.11. The zero-order chi connectivity index (χ0) is 10.6. The predicted molar refractivity (Wildman–Crippen MR) is 55.3 cm³/mol. The Balaban J connectivity index is 2.90.